The molecule has 0 saturated heterocycles. The maximum absolute atomic E-state index is 13.4. The Morgan fingerprint density at radius 2 is 2.29 bits per heavy atom. The van der Waals surface area contributed by atoms with E-state index in [9.17, 15) is 4.39 Å². The zero-order valence-corrected chi connectivity index (χ0v) is 11.2. The number of nitrogens with one attached hydrogen (secondary N) is 2. The van der Waals surface area contributed by atoms with Crippen LogP contribution in [0.4, 0.5) is 4.39 Å². The maximum Gasteiger partial charge on any atom is 0.191 e. The normalized spacial score (nSPS) is 11.1. The molecule has 0 atom stereocenters. The molecule has 0 saturated carbocycles. The van der Waals surface area contributed by atoms with Crippen LogP contribution in [0.25, 0.3) is 0 Å². The maximum atomic E-state index is 13.4. The quantitative estimate of drug-likeness (QED) is 0.509. The fraction of sp³-hybridized carbons (Fsp3) is 0.250. The lowest BCUT2D eigenvalue weighted by Crippen LogP contribution is -2.36. The molecule has 0 amide bonds. The van der Waals surface area contributed by atoms with Gasteiger partial charge < -0.3 is 10.6 Å². The van der Waals surface area contributed by atoms with Crippen molar-refractivity contribution in [2.24, 2.45) is 4.99 Å². The van der Waals surface area contributed by atoms with Gasteiger partial charge in [-0.25, -0.2) is 4.39 Å². The van der Waals surface area contributed by atoms with Crippen LogP contribution in [-0.4, -0.2) is 19.6 Å². The van der Waals surface area contributed by atoms with Crippen LogP contribution < -0.4 is 10.6 Å². The van der Waals surface area contributed by atoms with Gasteiger partial charge in [-0.1, -0.05) is 22.0 Å². The fourth-order valence-electron chi connectivity index (χ4n) is 1.25. The van der Waals surface area contributed by atoms with Crippen LogP contribution in [0.5, 0.6) is 0 Å². The number of aliphatic imine (C=N–C) groups is 1. The second-order valence-electron chi connectivity index (χ2n) is 3.33. The van der Waals surface area contributed by atoms with Gasteiger partial charge in [0.1, 0.15) is 5.82 Å². The zero-order chi connectivity index (χ0) is 12.7. The molecular formula is C12H15BrFN3. The Balaban J connectivity index is 2.59. The lowest BCUT2D eigenvalue weighted by Gasteiger charge is -2.11. The van der Waals surface area contributed by atoms with Gasteiger partial charge in [0, 0.05) is 30.2 Å². The standard InChI is InChI=1S/C12H15BrFN3/c1-3-6-16-12(15-2)17-8-9-7-10(13)4-5-11(9)14/h3-5,7H,1,6,8H2,2H3,(H2,15,16,17). The molecule has 0 radical (unpaired) electrons. The van der Waals surface area contributed by atoms with Gasteiger partial charge in [0.2, 0.25) is 0 Å². The largest absolute Gasteiger partial charge is 0.353 e. The number of rotatable bonds is 4. The molecule has 0 aliphatic carbocycles. The summed E-state index contributed by atoms with van der Waals surface area (Å²) < 4.78 is 14.3. The predicted octanol–water partition coefficient (Wildman–Crippen LogP) is 2.44. The van der Waals surface area contributed by atoms with E-state index in [0.29, 0.717) is 24.6 Å². The van der Waals surface area contributed by atoms with Crippen LogP contribution in [0.3, 0.4) is 0 Å². The van der Waals surface area contributed by atoms with Crippen molar-refractivity contribution in [1.82, 2.24) is 10.6 Å². The topological polar surface area (TPSA) is 36.4 Å². The Bertz CT molecular complexity index is 418. The third-order valence-corrected chi connectivity index (χ3v) is 2.58. The molecule has 0 heterocycles. The molecule has 3 nitrogen and oxygen atoms in total. The van der Waals surface area contributed by atoms with Gasteiger partial charge in [-0.2, -0.15) is 0 Å². The molecular weight excluding hydrogens is 285 g/mol. The predicted molar refractivity (Wildman–Crippen MR) is 72.5 cm³/mol. The Labute approximate surface area is 109 Å². The molecule has 2 N–H and O–H groups in total. The van der Waals surface area contributed by atoms with E-state index in [1.807, 2.05) is 0 Å². The van der Waals surface area contributed by atoms with Crippen LogP contribution in [0.2, 0.25) is 0 Å². The molecule has 0 spiro atoms. The molecule has 0 aliphatic heterocycles. The fourth-order valence-corrected chi connectivity index (χ4v) is 1.66. The van der Waals surface area contributed by atoms with Crippen molar-refractivity contribution in [3.05, 3.63) is 46.7 Å². The van der Waals surface area contributed by atoms with Gasteiger partial charge in [-0.15, -0.1) is 6.58 Å². The van der Waals surface area contributed by atoms with E-state index in [1.165, 1.54) is 6.07 Å². The number of hydrogen-bond acceptors (Lipinski definition) is 1. The highest BCUT2D eigenvalue weighted by molar-refractivity contribution is 9.10. The van der Waals surface area contributed by atoms with Gasteiger partial charge in [0.15, 0.2) is 5.96 Å². The Morgan fingerprint density at radius 3 is 2.94 bits per heavy atom. The summed E-state index contributed by atoms with van der Waals surface area (Å²) >= 11 is 3.31. The molecule has 1 aromatic rings. The first-order valence-corrected chi connectivity index (χ1v) is 5.96. The van der Waals surface area contributed by atoms with Crippen molar-refractivity contribution in [1.29, 1.82) is 0 Å². The second kappa shape index (κ2) is 7.06. The van der Waals surface area contributed by atoms with E-state index >= 15 is 0 Å². The molecule has 17 heavy (non-hydrogen) atoms. The molecule has 0 bridgehead atoms. The monoisotopic (exact) mass is 299 g/mol. The molecule has 0 fully saturated rings. The van der Waals surface area contributed by atoms with Crippen molar-refractivity contribution in [2.45, 2.75) is 6.54 Å². The van der Waals surface area contributed by atoms with E-state index < -0.39 is 0 Å². The van der Waals surface area contributed by atoms with Gasteiger partial charge in [0.05, 0.1) is 0 Å². The highest BCUT2D eigenvalue weighted by Crippen LogP contribution is 2.15. The minimum Gasteiger partial charge on any atom is -0.353 e. The number of benzene rings is 1. The average molecular weight is 300 g/mol. The summed E-state index contributed by atoms with van der Waals surface area (Å²) in [6.45, 7) is 4.59. The van der Waals surface area contributed by atoms with E-state index in [2.05, 4.69) is 38.1 Å². The molecule has 0 aliphatic rings. The summed E-state index contributed by atoms with van der Waals surface area (Å²) in [7, 11) is 1.66. The first-order chi connectivity index (χ1) is 8.17. The molecule has 0 unspecified atom stereocenters. The van der Waals surface area contributed by atoms with Crippen molar-refractivity contribution in [2.75, 3.05) is 13.6 Å². The summed E-state index contributed by atoms with van der Waals surface area (Å²) in [5.41, 5.74) is 0.584. The van der Waals surface area contributed by atoms with Crippen LogP contribution in [-0.2, 0) is 6.54 Å². The van der Waals surface area contributed by atoms with E-state index in [1.54, 1.807) is 25.3 Å². The van der Waals surface area contributed by atoms with Gasteiger partial charge in [0.25, 0.3) is 0 Å². The lowest BCUT2D eigenvalue weighted by atomic mass is 10.2. The molecule has 92 valence electrons. The molecule has 1 aromatic carbocycles. The van der Waals surface area contributed by atoms with Crippen molar-refractivity contribution < 1.29 is 4.39 Å². The highest BCUT2D eigenvalue weighted by atomic mass is 79.9. The van der Waals surface area contributed by atoms with Crippen molar-refractivity contribution >= 4 is 21.9 Å². The average Bonchev–Trinajstić information content (AvgIpc) is 2.33. The molecule has 1 rings (SSSR count). The van der Waals surface area contributed by atoms with E-state index in [-0.39, 0.29) is 5.82 Å². The number of nitrogens with zero attached hydrogens (tertiary/aromatic N) is 1. The Morgan fingerprint density at radius 1 is 1.53 bits per heavy atom. The van der Waals surface area contributed by atoms with Gasteiger partial charge >= 0.3 is 0 Å². The lowest BCUT2D eigenvalue weighted by molar-refractivity contribution is 0.604. The third-order valence-electron chi connectivity index (χ3n) is 2.09. The second-order valence-corrected chi connectivity index (χ2v) is 4.25. The Kier molecular flexibility index (Phi) is 5.69. The summed E-state index contributed by atoms with van der Waals surface area (Å²) in [6.07, 6.45) is 1.73. The summed E-state index contributed by atoms with van der Waals surface area (Å²) in [5, 5.41) is 6.03. The SMILES string of the molecule is C=CCNC(=NC)NCc1cc(Br)ccc1F. The summed E-state index contributed by atoms with van der Waals surface area (Å²) in [4.78, 5) is 4.01. The van der Waals surface area contributed by atoms with E-state index in [4.69, 9.17) is 0 Å². The summed E-state index contributed by atoms with van der Waals surface area (Å²) in [6, 6.07) is 4.84. The number of hydrogen-bond donors (Lipinski definition) is 2. The van der Waals surface area contributed by atoms with Crippen LogP contribution >= 0.6 is 15.9 Å². The zero-order valence-electron chi connectivity index (χ0n) is 9.63. The highest BCUT2D eigenvalue weighted by Gasteiger charge is 2.03. The molecule has 5 heteroatoms. The number of guanidine groups is 1. The smallest absolute Gasteiger partial charge is 0.191 e. The van der Waals surface area contributed by atoms with Crippen LogP contribution in [0.1, 0.15) is 5.56 Å². The minimum absolute atomic E-state index is 0.236. The number of halogens is 2. The first kappa shape index (κ1) is 13.7. The Hall–Kier alpha value is -1.36. The van der Waals surface area contributed by atoms with Gasteiger partial charge in [-0.05, 0) is 18.2 Å². The third kappa shape index (κ3) is 4.56. The minimum atomic E-state index is -0.236. The van der Waals surface area contributed by atoms with Gasteiger partial charge in [-0.3, -0.25) is 4.99 Å². The van der Waals surface area contributed by atoms with Crippen LogP contribution in [0, 0.1) is 5.82 Å². The summed E-state index contributed by atoms with van der Waals surface area (Å²) in [5.74, 6) is 0.379. The van der Waals surface area contributed by atoms with E-state index in [0.717, 1.165) is 4.47 Å². The molecule has 0 aromatic heterocycles. The first-order valence-electron chi connectivity index (χ1n) is 5.16. The van der Waals surface area contributed by atoms with Crippen molar-refractivity contribution in [3.63, 3.8) is 0 Å². The van der Waals surface area contributed by atoms with Crippen LogP contribution in [0.15, 0.2) is 40.3 Å². The van der Waals surface area contributed by atoms with Crippen molar-refractivity contribution in [3.8, 4) is 0 Å².